The van der Waals surface area contributed by atoms with Crippen LogP contribution in [0.5, 0.6) is 0 Å². The summed E-state index contributed by atoms with van der Waals surface area (Å²) in [6.45, 7) is 9.45. The van der Waals surface area contributed by atoms with Crippen molar-refractivity contribution in [2.45, 2.75) is 27.2 Å². The molecule has 2 heteroatoms. The molecule has 0 saturated carbocycles. The van der Waals surface area contributed by atoms with Crippen LogP contribution in [-0.4, -0.2) is 17.7 Å². The van der Waals surface area contributed by atoms with Gasteiger partial charge in [0.05, 0.1) is 11.4 Å². The predicted octanol–water partition coefficient (Wildman–Crippen LogP) is 3.34. The molecule has 0 saturated heterocycles. The average Bonchev–Trinajstić information content (AvgIpc) is 2.52. The lowest BCUT2D eigenvalue weighted by Gasteiger charge is -2.17. The Morgan fingerprint density at radius 1 is 1.57 bits per heavy atom. The molecule has 2 nitrogen and oxygen atoms in total. The first-order valence-corrected chi connectivity index (χ1v) is 4.98. The van der Waals surface area contributed by atoms with E-state index in [9.17, 15) is 0 Å². The fourth-order valence-electron chi connectivity index (χ4n) is 1.35. The van der Waals surface area contributed by atoms with E-state index >= 15 is 0 Å². The van der Waals surface area contributed by atoms with Crippen molar-refractivity contribution in [2.75, 3.05) is 7.05 Å². The summed E-state index contributed by atoms with van der Waals surface area (Å²) in [7, 11) is 1.98. The van der Waals surface area contributed by atoms with E-state index in [0.29, 0.717) is 5.71 Å². The van der Waals surface area contributed by atoms with E-state index in [1.807, 2.05) is 31.9 Å². The van der Waals surface area contributed by atoms with E-state index in [0.717, 1.165) is 12.1 Å². The zero-order chi connectivity index (χ0) is 11.1. The van der Waals surface area contributed by atoms with Crippen LogP contribution in [-0.2, 0) is 0 Å². The van der Waals surface area contributed by atoms with Gasteiger partial charge in [0.1, 0.15) is 0 Å². The van der Waals surface area contributed by atoms with Crippen LogP contribution in [0.15, 0.2) is 36.2 Å². The molecule has 0 aromatic rings. The first-order valence-electron chi connectivity index (χ1n) is 4.98. The molecule has 0 fully saturated rings. The van der Waals surface area contributed by atoms with Gasteiger partial charge < -0.3 is 10.3 Å². The summed E-state index contributed by atoms with van der Waals surface area (Å²) >= 11 is 0. The summed E-state index contributed by atoms with van der Waals surface area (Å²) in [6.07, 6.45) is 6.74. The van der Waals surface area contributed by atoms with Gasteiger partial charge in [-0.1, -0.05) is 32.6 Å². The average molecular weight is 192 g/mol. The van der Waals surface area contributed by atoms with Crippen molar-refractivity contribution in [3.05, 3.63) is 36.2 Å². The Balaban J connectivity index is 0.000000791. The Morgan fingerprint density at radius 3 is 2.50 bits per heavy atom. The molecule has 0 aromatic carbocycles. The highest BCUT2D eigenvalue weighted by atomic mass is 15.1. The highest BCUT2D eigenvalue weighted by Crippen LogP contribution is 2.23. The SMILES string of the molecule is C=C/C=C1\CC=C(C(C)=N)N1C.CC. The van der Waals surface area contributed by atoms with Gasteiger partial charge in [-0.05, 0) is 13.0 Å². The summed E-state index contributed by atoms with van der Waals surface area (Å²) in [5.41, 5.74) is 2.82. The van der Waals surface area contributed by atoms with E-state index in [2.05, 4.69) is 12.7 Å². The lowest BCUT2D eigenvalue weighted by atomic mass is 10.3. The monoisotopic (exact) mass is 192 g/mol. The molecule has 0 radical (unpaired) electrons. The zero-order valence-corrected chi connectivity index (χ0v) is 9.59. The molecule has 1 rings (SSSR count). The molecule has 0 bridgehead atoms. The van der Waals surface area contributed by atoms with Gasteiger partial charge in [-0.3, -0.25) is 0 Å². The molecule has 0 atom stereocenters. The third kappa shape index (κ3) is 2.87. The van der Waals surface area contributed by atoms with Crippen LogP contribution in [0.4, 0.5) is 0 Å². The number of hydrogen-bond donors (Lipinski definition) is 1. The van der Waals surface area contributed by atoms with Crippen molar-refractivity contribution in [3.63, 3.8) is 0 Å². The Kier molecular flexibility index (Phi) is 5.61. The number of nitrogens with zero attached hydrogens (tertiary/aromatic N) is 1. The van der Waals surface area contributed by atoms with Crippen molar-refractivity contribution < 1.29 is 0 Å². The van der Waals surface area contributed by atoms with Gasteiger partial charge in [-0.25, -0.2) is 0 Å². The van der Waals surface area contributed by atoms with Crippen LogP contribution in [0.2, 0.25) is 0 Å². The van der Waals surface area contributed by atoms with Gasteiger partial charge in [-0.15, -0.1) is 0 Å². The Bertz CT molecular complexity index is 272. The fraction of sp³-hybridized carbons (Fsp3) is 0.417. The summed E-state index contributed by atoms with van der Waals surface area (Å²) in [5.74, 6) is 0. The molecule has 1 N–H and O–H groups in total. The van der Waals surface area contributed by atoms with Gasteiger partial charge in [0.15, 0.2) is 0 Å². The second kappa shape index (κ2) is 6.19. The Morgan fingerprint density at radius 2 is 2.14 bits per heavy atom. The lowest BCUT2D eigenvalue weighted by molar-refractivity contribution is 0.562. The third-order valence-corrected chi connectivity index (χ3v) is 1.99. The molecular weight excluding hydrogens is 172 g/mol. The maximum atomic E-state index is 7.48. The van der Waals surface area contributed by atoms with Crippen LogP contribution in [0.3, 0.4) is 0 Å². The zero-order valence-electron chi connectivity index (χ0n) is 9.59. The molecule has 0 aromatic heterocycles. The summed E-state index contributed by atoms with van der Waals surface area (Å²) in [4.78, 5) is 2.03. The second-order valence-corrected chi connectivity index (χ2v) is 2.87. The molecular formula is C12H20N2. The second-order valence-electron chi connectivity index (χ2n) is 2.87. The number of rotatable bonds is 2. The predicted molar refractivity (Wildman–Crippen MR) is 63.5 cm³/mol. The lowest BCUT2D eigenvalue weighted by Crippen LogP contribution is -2.15. The first kappa shape index (κ1) is 12.7. The molecule has 1 heterocycles. The molecule has 0 unspecified atom stereocenters. The summed E-state index contributed by atoms with van der Waals surface area (Å²) in [5, 5.41) is 7.48. The maximum absolute atomic E-state index is 7.48. The van der Waals surface area contributed by atoms with E-state index in [1.54, 1.807) is 13.0 Å². The highest BCUT2D eigenvalue weighted by molar-refractivity contribution is 5.95. The van der Waals surface area contributed by atoms with Gasteiger partial charge in [0, 0.05) is 19.2 Å². The number of allylic oxidation sites excluding steroid dienone is 4. The van der Waals surface area contributed by atoms with Crippen LogP contribution in [0, 0.1) is 5.41 Å². The van der Waals surface area contributed by atoms with Crippen LogP contribution in [0.1, 0.15) is 27.2 Å². The van der Waals surface area contributed by atoms with Gasteiger partial charge in [0.2, 0.25) is 0 Å². The van der Waals surface area contributed by atoms with Crippen molar-refractivity contribution in [1.82, 2.24) is 4.90 Å². The molecule has 1 aliphatic heterocycles. The fourth-order valence-corrected chi connectivity index (χ4v) is 1.35. The third-order valence-electron chi connectivity index (χ3n) is 1.99. The molecule has 0 spiro atoms. The van der Waals surface area contributed by atoms with Crippen LogP contribution < -0.4 is 0 Å². The number of hydrogen-bond acceptors (Lipinski definition) is 2. The smallest absolute Gasteiger partial charge is 0.0577 e. The van der Waals surface area contributed by atoms with Crippen molar-refractivity contribution in [3.8, 4) is 0 Å². The summed E-state index contributed by atoms with van der Waals surface area (Å²) in [6, 6.07) is 0. The van der Waals surface area contributed by atoms with Gasteiger partial charge in [-0.2, -0.15) is 0 Å². The Labute approximate surface area is 87.1 Å². The van der Waals surface area contributed by atoms with E-state index in [-0.39, 0.29) is 0 Å². The normalized spacial score (nSPS) is 17.3. The maximum Gasteiger partial charge on any atom is 0.0577 e. The van der Waals surface area contributed by atoms with Crippen molar-refractivity contribution in [1.29, 1.82) is 5.41 Å². The molecule has 0 aliphatic carbocycles. The molecule has 0 amide bonds. The van der Waals surface area contributed by atoms with Crippen LogP contribution in [0.25, 0.3) is 0 Å². The quantitative estimate of drug-likeness (QED) is 0.667. The molecule has 14 heavy (non-hydrogen) atoms. The molecule has 78 valence electrons. The topological polar surface area (TPSA) is 27.1 Å². The molecule has 1 aliphatic rings. The number of nitrogens with one attached hydrogen (secondary N) is 1. The van der Waals surface area contributed by atoms with E-state index < -0.39 is 0 Å². The van der Waals surface area contributed by atoms with Gasteiger partial charge in [0.25, 0.3) is 0 Å². The minimum atomic E-state index is 0.616. The minimum absolute atomic E-state index is 0.616. The minimum Gasteiger partial charge on any atom is -0.347 e. The Hall–Kier alpha value is -1.31. The highest BCUT2D eigenvalue weighted by Gasteiger charge is 2.16. The standard InChI is InChI=1S/C10H14N2.C2H6/c1-4-5-9-6-7-10(8(2)11)12(9)3;1-2/h4-5,7,11H,1,6H2,2-3H3;1-2H3/b9-5+,11-8?;. The van der Waals surface area contributed by atoms with E-state index in [1.165, 1.54) is 5.70 Å². The van der Waals surface area contributed by atoms with E-state index in [4.69, 9.17) is 5.41 Å². The van der Waals surface area contributed by atoms with Gasteiger partial charge >= 0.3 is 0 Å². The largest absolute Gasteiger partial charge is 0.347 e. The summed E-state index contributed by atoms with van der Waals surface area (Å²) < 4.78 is 0. The van der Waals surface area contributed by atoms with Crippen molar-refractivity contribution >= 4 is 5.71 Å². The van der Waals surface area contributed by atoms with Crippen molar-refractivity contribution in [2.24, 2.45) is 0 Å². The first-order chi connectivity index (χ1) is 6.66. The van der Waals surface area contributed by atoms with Crippen LogP contribution >= 0.6 is 0 Å².